The summed E-state index contributed by atoms with van der Waals surface area (Å²) in [5.41, 5.74) is 0.203. The van der Waals surface area contributed by atoms with Crippen molar-refractivity contribution >= 4 is 11.7 Å². The van der Waals surface area contributed by atoms with Crippen molar-refractivity contribution in [3.05, 3.63) is 35.4 Å². The molecule has 1 amide bonds. The number of aryl methyl sites for hydroxylation is 1. The van der Waals surface area contributed by atoms with E-state index in [1.165, 1.54) is 6.20 Å². The maximum Gasteiger partial charge on any atom is 0.288 e. The number of nitrogens with zero attached hydrogens (tertiary/aromatic N) is 5. The molecule has 152 valence electrons. The highest BCUT2D eigenvalue weighted by molar-refractivity contribution is 5.91. The number of hydrogen-bond acceptors (Lipinski definition) is 7. The van der Waals surface area contributed by atoms with Crippen molar-refractivity contribution in [1.29, 1.82) is 5.26 Å². The van der Waals surface area contributed by atoms with Crippen LogP contribution in [0.2, 0.25) is 0 Å². The lowest BCUT2D eigenvalue weighted by Gasteiger charge is -2.44. The van der Waals surface area contributed by atoms with Gasteiger partial charge in [0.1, 0.15) is 23.4 Å². The molecule has 3 heterocycles. The van der Waals surface area contributed by atoms with Crippen LogP contribution in [0.5, 0.6) is 0 Å². The van der Waals surface area contributed by atoms with E-state index in [2.05, 4.69) is 45.1 Å². The molecule has 1 aliphatic heterocycles. The maximum atomic E-state index is 12.7. The van der Waals surface area contributed by atoms with Crippen molar-refractivity contribution in [2.45, 2.75) is 58.4 Å². The number of rotatable bonds is 5. The molecule has 1 saturated carbocycles. The topological polar surface area (TPSA) is 108 Å². The number of nitriles is 1. The molecule has 0 spiro atoms. The minimum atomic E-state index is -0.210. The minimum absolute atomic E-state index is 0.00338. The number of aromatic nitrogens is 3. The van der Waals surface area contributed by atoms with E-state index in [1.54, 1.807) is 6.07 Å². The molecule has 0 aromatic carbocycles. The van der Waals surface area contributed by atoms with Gasteiger partial charge >= 0.3 is 0 Å². The van der Waals surface area contributed by atoms with Gasteiger partial charge in [-0.3, -0.25) is 4.79 Å². The zero-order valence-corrected chi connectivity index (χ0v) is 17.1. The summed E-state index contributed by atoms with van der Waals surface area (Å²) in [7, 11) is 0. The summed E-state index contributed by atoms with van der Waals surface area (Å²) in [5, 5.41) is 12.4. The van der Waals surface area contributed by atoms with Crippen LogP contribution in [0.4, 0.5) is 5.82 Å². The van der Waals surface area contributed by atoms with Gasteiger partial charge in [0.2, 0.25) is 5.76 Å². The van der Waals surface area contributed by atoms with Gasteiger partial charge in [0, 0.05) is 43.0 Å². The number of anilines is 1. The van der Waals surface area contributed by atoms with Crippen LogP contribution in [0, 0.1) is 16.7 Å². The van der Waals surface area contributed by atoms with Crippen LogP contribution in [-0.2, 0) is 6.42 Å². The van der Waals surface area contributed by atoms with Gasteiger partial charge in [-0.25, -0.2) is 15.0 Å². The summed E-state index contributed by atoms with van der Waals surface area (Å²) in [6.07, 6.45) is 5.16. The highest BCUT2D eigenvalue weighted by Crippen LogP contribution is 2.39. The SMILES string of the molecule is CCc1nc(C#N)cc(N2CCC(NC(=O)c3cnc(C4CC4)o3)C(C)(C)C2)n1. The molecule has 2 aliphatic rings. The van der Waals surface area contributed by atoms with Crippen molar-refractivity contribution in [2.75, 3.05) is 18.0 Å². The molecule has 2 fully saturated rings. The molecule has 1 aliphatic carbocycles. The maximum absolute atomic E-state index is 12.7. The Labute approximate surface area is 170 Å². The van der Waals surface area contributed by atoms with Gasteiger partial charge < -0.3 is 14.6 Å². The number of carbonyl (C=O) groups excluding carboxylic acids is 1. The summed E-state index contributed by atoms with van der Waals surface area (Å²) in [6.45, 7) is 7.69. The first kappa shape index (κ1) is 19.4. The van der Waals surface area contributed by atoms with Crippen molar-refractivity contribution in [3.8, 4) is 6.07 Å². The van der Waals surface area contributed by atoms with Gasteiger partial charge in [0.25, 0.3) is 5.91 Å². The van der Waals surface area contributed by atoms with Crippen LogP contribution in [0.3, 0.4) is 0 Å². The fourth-order valence-electron chi connectivity index (χ4n) is 3.82. The number of piperidine rings is 1. The van der Waals surface area contributed by atoms with Gasteiger partial charge in [-0.1, -0.05) is 20.8 Å². The molecule has 1 atom stereocenters. The van der Waals surface area contributed by atoms with Gasteiger partial charge in [0.15, 0.2) is 5.89 Å². The van der Waals surface area contributed by atoms with E-state index in [4.69, 9.17) is 4.42 Å². The van der Waals surface area contributed by atoms with Crippen LogP contribution in [0.1, 0.15) is 73.9 Å². The van der Waals surface area contributed by atoms with Gasteiger partial charge in [-0.05, 0) is 19.3 Å². The fraction of sp³-hybridized carbons (Fsp3) is 0.571. The molecule has 8 nitrogen and oxygen atoms in total. The van der Waals surface area contributed by atoms with Crippen molar-refractivity contribution in [3.63, 3.8) is 0 Å². The average molecular weight is 394 g/mol. The Morgan fingerprint density at radius 3 is 2.83 bits per heavy atom. The summed E-state index contributed by atoms with van der Waals surface area (Å²) in [5.74, 6) is 2.58. The third kappa shape index (κ3) is 4.09. The van der Waals surface area contributed by atoms with Crippen LogP contribution in [0.25, 0.3) is 0 Å². The second-order valence-corrected chi connectivity index (χ2v) is 8.55. The summed E-state index contributed by atoms with van der Waals surface area (Å²) in [4.78, 5) is 27.9. The number of amides is 1. The summed E-state index contributed by atoms with van der Waals surface area (Å²) < 4.78 is 5.64. The predicted molar refractivity (Wildman–Crippen MR) is 106 cm³/mol. The van der Waals surface area contributed by atoms with Crippen LogP contribution < -0.4 is 10.2 Å². The van der Waals surface area contributed by atoms with Gasteiger partial charge in [-0.2, -0.15) is 5.26 Å². The zero-order valence-electron chi connectivity index (χ0n) is 17.1. The first-order chi connectivity index (χ1) is 13.9. The van der Waals surface area contributed by atoms with E-state index >= 15 is 0 Å². The molecule has 1 unspecified atom stereocenters. The largest absolute Gasteiger partial charge is 0.435 e. The predicted octanol–water partition coefficient (Wildman–Crippen LogP) is 2.81. The van der Waals surface area contributed by atoms with E-state index in [1.807, 2.05) is 6.92 Å². The highest BCUT2D eigenvalue weighted by atomic mass is 16.4. The number of carbonyl (C=O) groups is 1. The zero-order chi connectivity index (χ0) is 20.6. The lowest BCUT2D eigenvalue weighted by atomic mass is 9.79. The van der Waals surface area contributed by atoms with Crippen LogP contribution in [-0.4, -0.2) is 40.0 Å². The molecule has 2 aromatic rings. The fourth-order valence-corrected chi connectivity index (χ4v) is 3.82. The second-order valence-electron chi connectivity index (χ2n) is 8.55. The third-order valence-electron chi connectivity index (χ3n) is 5.72. The Morgan fingerprint density at radius 2 is 2.17 bits per heavy atom. The lowest BCUT2D eigenvalue weighted by Crippen LogP contribution is -2.56. The minimum Gasteiger partial charge on any atom is -0.435 e. The van der Waals surface area contributed by atoms with E-state index in [0.717, 1.165) is 31.6 Å². The summed E-state index contributed by atoms with van der Waals surface area (Å²) in [6, 6.07) is 3.86. The monoisotopic (exact) mass is 394 g/mol. The molecular weight excluding hydrogens is 368 g/mol. The van der Waals surface area contributed by atoms with E-state index in [-0.39, 0.29) is 23.1 Å². The molecule has 4 rings (SSSR count). The molecule has 0 bridgehead atoms. The van der Waals surface area contributed by atoms with Crippen molar-refractivity contribution in [1.82, 2.24) is 20.3 Å². The van der Waals surface area contributed by atoms with E-state index < -0.39 is 0 Å². The number of nitrogens with one attached hydrogen (secondary N) is 1. The highest BCUT2D eigenvalue weighted by Gasteiger charge is 2.38. The van der Waals surface area contributed by atoms with Crippen molar-refractivity contribution in [2.24, 2.45) is 5.41 Å². The molecule has 29 heavy (non-hydrogen) atoms. The molecule has 1 N–H and O–H groups in total. The van der Waals surface area contributed by atoms with E-state index in [0.29, 0.717) is 36.3 Å². The normalized spacial score (nSPS) is 20.9. The summed E-state index contributed by atoms with van der Waals surface area (Å²) >= 11 is 0. The van der Waals surface area contributed by atoms with Crippen LogP contribution in [0.15, 0.2) is 16.7 Å². The molecule has 0 radical (unpaired) electrons. The Hall–Kier alpha value is -2.95. The van der Waals surface area contributed by atoms with Gasteiger partial charge in [0.05, 0.1) is 6.20 Å². The standard InChI is InChI=1S/C21H26N6O2/c1-4-17-24-14(10-22)9-18(26-17)27-8-7-16(21(2,3)12-27)25-19(28)15-11-23-20(29-15)13-5-6-13/h9,11,13,16H,4-8,12H2,1-3H3,(H,25,28). The molecule has 1 saturated heterocycles. The quantitative estimate of drug-likeness (QED) is 0.830. The number of hydrogen-bond donors (Lipinski definition) is 1. The molecule has 8 heteroatoms. The third-order valence-corrected chi connectivity index (χ3v) is 5.72. The Bertz CT molecular complexity index is 956. The average Bonchev–Trinajstić information content (AvgIpc) is 3.45. The number of oxazole rings is 1. The van der Waals surface area contributed by atoms with Gasteiger partial charge in [-0.15, -0.1) is 0 Å². The Morgan fingerprint density at radius 1 is 1.38 bits per heavy atom. The smallest absolute Gasteiger partial charge is 0.288 e. The second kappa shape index (κ2) is 7.47. The first-order valence-electron chi connectivity index (χ1n) is 10.2. The Balaban J connectivity index is 1.45. The Kier molecular flexibility index (Phi) is 4.99. The molecular formula is C21H26N6O2. The van der Waals surface area contributed by atoms with E-state index in [9.17, 15) is 10.1 Å². The molecule has 2 aromatic heterocycles. The lowest BCUT2D eigenvalue weighted by molar-refractivity contribution is 0.0849. The van der Waals surface area contributed by atoms with Crippen LogP contribution >= 0.6 is 0 Å². The first-order valence-corrected chi connectivity index (χ1v) is 10.2. The van der Waals surface area contributed by atoms with Crippen molar-refractivity contribution < 1.29 is 9.21 Å².